The predicted octanol–water partition coefficient (Wildman–Crippen LogP) is 5.25. The first-order valence-electron chi connectivity index (χ1n) is 10.7. The van der Waals surface area contributed by atoms with E-state index in [9.17, 15) is 9.59 Å². The summed E-state index contributed by atoms with van der Waals surface area (Å²) in [7, 11) is 0. The Hall–Kier alpha value is -2.12. The highest BCUT2D eigenvalue weighted by molar-refractivity contribution is 7.99. The van der Waals surface area contributed by atoms with E-state index in [1.54, 1.807) is 22.8 Å². The summed E-state index contributed by atoms with van der Waals surface area (Å²) in [5.41, 5.74) is 2.13. The van der Waals surface area contributed by atoms with Crippen LogP contribution in [0.5, 0.6) is 0 Å². The van der Waals surface area contributed by atoms with Gasteiger partial charge >= 0.3 is 5.97 Å². The van der Waals surface area contributed by atoms with Crippen molar-refractivity contribution in [3.05, 3.63) is 51.1 Å². The van der Waals surface area contributed by atoms with Crippen molar-refractivity contribution in [1.82, 2.24) is 9.55 Å². The summed E-state index contributed by atoms with van der Waals surface area (Å²) < 4.78 is 6.71. The molecule has 0 spiro atoms. The van der Waals surface area contributed by atoms with Crippen molar-refractivity contribution in [2.45, 2.75) is 52.1 Å². The summed E-state index contributed by atoms with van der Waals surface area (Å²) in [4.78, 5) is 32.6. The van der Waals surface area contributed by atoms with E-state index >= 15 is 0 Å². The molecule has 7 heteroatoms. The number of para-hydroxylation sites is 1. The van der Waals surface area contributed by atoms with Crippen LogP contribution in [0.1, 0.15) is 44.6 Å². The summed E-state index contributed by atoms with van der Waals surface area (Å²) >= 11 is 2.90. The van der Waals surface area contributed by atoms with Gasteiger partial charge in [0.25, 0.3) is 5.56 Å². The molecular weight excluding hydrogens is 428 g/mol. The van der Waals surface area contributed by atoms with Crippen LogP contribution in [0.2, 0.25) is 0 Å². The van der Waals surface area contributed by atoms with Crippen LogP contribution in [0.25, 0.3) is 15.9 Å². The van der Waals surface area contributed by atoms with Crippen LogP contribution in [0.15, 0.2) is 40.3 Å². The molecule has 1 atom stereocenters. The molecule has 0 aliphatic heterocycles. The Kier molecular flexibility index (Phi) is 6.26. The number of aromatic nitrogens is 2. The first-order valence-corrected chi connectivity index (χ1v) is 12.5. The normalized spacial score (nSPS) is 16.3. The third kappa shape index (κ3) is 4.44. The number of carbonyl (C=O) groups is 1. The quantitative estimate of drug-likeness (QED) is 0.298. The molecule has 0 unspecified atom stereocenters. The SMILES string of the molecule is CCOC(=O)CSc1nc2sc3c(c2c(=O)n1-c1ccccc1)CC[C@@H](C(C)(C)C)C3. The van der Waals surface area contributed by atoms with E-state index in [1.165, 1.54) is 22.2 Å². The van der Waals surface area contributed by atoms with Crippen LogP contribution in [0.3, 0.4) is 0 Å². The Labute approximate surface area is 190 Å². The predicted molar refractivity (Wildman–Crippen MR) is 128 cm³/mol. The number of rotatable bonds is 5. The van der Waals surface area contributed by atoms with Gasteiger partial charge in [0, 0.05) is 4.88 Å². The van der Waals surface area contributed by atoms with Gasteiger partial charge in [-0.1, -0.05) is 50.7 Å². The molecule has 4 rings (SSSR count). The number of thiophene rings is 1. The average Bonchev–Trinajstić information content (AvgIpc) is 3.10. The Balaban J connectivity index is 1.83. The largest absolute Gasteiger partial charge is 0.465 e. The van der Waals surface area contributed by atoms with E-state index in [0.29, 0.717) is 17.7 Å². The highest BCUT2D eigenvalue weighted by Crippen LogP contribution is 2.42. The lowest BCUT2D eigenvalue weighted by atomic mass is 9.72. The van der Waals surface area contributed by atoms with Crippen molar-refractivity contribution in [3.8, 4) is 5.69 Å². The van der Waals surface area contributed by atoms with Gasteiger partial charge in [-0.2, -0.15) is 0 Å². The number of carbonyl (C=O) groups excluding carboxylic acids is 1. The molecule has 164 valence electrons. The zero-order valence-corrected chi connectivity index (χ0v) is 20.1. The maximum atomic E-state index is 13.7. The Bertz CT molecular complexity index is 1160. The lowest BCUT2D eigenvalue weighted by Crippen LogP contribution is -2.27. The molecule has 0 amide bonds. The lowest BCUT2D eigenvalue weighted by molar-refractivity contribution is -0.139. The number of ether oxygens (including phenoxy) is 1. The topological polar surface area (TPSA) is 61.2 Å². The van der Waals surface area contributed by atoms with E-state index in [2.05, 4.69) is 20.8 Å². The number of hydrogen-bond acceptors (Lipinski definition) is 6. The van der Waals surface area contributed by atoms with Gasteiger partial charge in [0.1, 0.15) is 4.83 Å². The molecular formula is C24H28N2O3S2. The number of nitrogens with zero attached hydrogens (tertiary/aromatic N) is 2. The zero-order valence-electron chi connectivity index (χ0n) is 18.4. The van der Waals surface area contributed by atoms with Crippen LogP contribution in [-0.2, 0) is 22.4 Å². The summed E-state index contributed by atoms with van der Waals surface area (Å²) in [5.74, 6) is 0.414. The van der Waals surface area contributed by atoms with Gasteiger partial charge in [-0.3, -0.25) is 14.2 Å². The summed E-state index contributed by atoms with van der Waals surface area (Å²) in [5, 5.41) is 1.28. The maximum absolute atomic E-state index is 13.7. The molecule has 2 aromatic heterocycles. The highest BCUT2D eigenvalue weighted by atomic mass is 32.2. The van der Waals surface area contributed by atoms with Crippen molar-refractivity contribution in [2.24, 2.45) is 11.3 Å². The van der Waals surface area contributed by atoms with E-state index in [1.807, 2.05) is 30.3 Å². The van der Waals surface area contributed by atoms with Gasteiger partial charge in [-0.05, 0) is 55.2 Å². The molecule has 2 heterocycles. The van der Waals surface area contributed by atoms with Crippen LogP contribution >= 0.6 is 23.1 Å². The minimum Gasteiger partial charge on any atom is -0.465 e. The van der Waals surface area contributed by atoms with Crippen LogP contribution in [0.4, 0.5) is 0 Å². The third-order valence-electron chi connectivity index (χ3n) is 5.92. The van der Waals surface area contributed by atoms with Crippen molar-refractivity contribution in [3.63, 3.8) is 0 Å². The van der Waals surface area contributed by atoms with Gasteiger partial charge in [-0.15, -0.1) is 11.3 Å². The minimum absolute atomic E-state index is 0.0470. The Morgan fingerprint density at radius 2 is 2.03 bits per heavy atom. The van der Waals surface area contributed by atoms with Gasteiger partial charge in [0.05, 0.1) is 23.4 Å². The maximum Gasteiger partial charge on any atom is 0.316 e. The van der Waals surface area contributed by atoms with E-state index in [4.69, 9.17) is 9.72 Å². The first kappa shape index (κ1) is 22.1. The highest BCUT2D eigenvalue weighted by Gasteiger charge is 2.32. The summed E-state index contributed by atoms with van der Waals surface area (Å²) in [6, 6.07) is 9.53. The number of fused-ring (bicyclic) bond motifs is 3. The van der Waals surface area contributed by atoms with Gasteiger partial charge in [-0.25, -0.2) is 4.98 Å². The molecule has 0 saturated heterocycles. The zero-order chi connectivity index (χ0) is 22.2. The molecule has 1 aromatic carbocycles. The fourth-order valence-electron chi connectivity index (χ4n) is 4.17. The molecule has 0 bridgehead atoms. The molecule has 0 radical (unpaired) electrons. The standard InChI is InChI=1S/C24H28N2O3S2/c1-5-29-19(27)14-30-23-25-21-20(22(28)26(23)16-9-7-6-8-10-16)17-12-11-15(24(2,3)4)13-18(17)31-21/h6-10,15H,5,11-14H2,1-4H3/t15-/m1/s1. The van der Waals surface area contributed by atoms with Crippen LogP contribution < -0.4 is 5.56 Å². The first-order chi connectivity index (χ1) is 14.8. The third-order valence-corrected chi connectivity index (χ3v) is 7.98. The molecule has 1 aliphatic carbocycles. The number of esters is 1. The smallest absolute Gasteiger partial charge is 0.316 e. The average molecular weight is 457 g/mol. The number of thioether (sulfide) groups is 1. The fourth-order valence-corrected chi connectivity index (χ4v) is 6.32. The van der Waals surface area contributed by atoms with E-state index < -0.39 is 0 Å². The van der Waals surface area contributed by atoms with Crippen molar-refractivity contribution in [2.75, 3.05) is 12.4 Å². The molecule has 1 aliphatic rings. The molecule has 31 heavy (non-hydrogen) atoms. The second-order valence-corrected chi connectivity index (χ2v) is 11.0. The molecule has 5 nitrogen and oxygen atoms in total. The van der Waals surface area contributed by atoms with Crippen LogP contribution in [-0.4, -0.2) is 27.9 Å². The molecule has 0 N–H and O–H groups in total. The van der Waals surface area contributed by atoms with Gasteiger partial charge in [0.2, 0.25) is 0 Å². The van der Waals surface area contributed by atoms with Crippen LogP contribution in [0, 0.1) is 11.3 Å². The monoisotopic (exact) mass is 456 g/mol. The van der Waals surface area contributed by atoms with Gasteiger partial charge < -0.3 is 4.74 Å². The van der Waals surface area contributed by atoms with Crippen molar-refractivity contribution >= 4 is 39.3 Å². The van der Waals surface area contributed by atoms with E-state index in [-0.39, 0.29) is 22.7 Å². The Morgan fingerprint density at radius 3 is 2.71 bits per heavy atom. The summed E-state index contributed by atoms with van der Waals surface area (Å²) in [6.07, 6.45) is 3.00. The lowest BCUT2D eigenvalue weighted by Gasteiger charge is -2.33. The fraction of sp³-hybridized carbons (Fsp3) is 0.458. The van der Waals surface area contributed by atoms with Gasteiger partial charge in [0.15, 0.2) is 5.16 Å². The Morgan fingerprint density at radius 1 is 1.29 bits per heavy atom. The van der Waals surface area contributed by atoms with Crippen molar-refractivity contribution in [1.29, 1.82) is 0 Å². The summed E-state index contributed by atoms with van der Waals surface area (Å²) in [6.45, 7) is 9.00. The minimum atomic E-state index is -0.306. The number of aryl methyl sites for hydroxylation is 1. The molecule has 3 aromatic rings. The van der Waals surface area contributed by atoms with Crippen molar-refractivity contribution < 1.29 is 9.53 Å². The number of benzene rings is 1. The second kappa shape index (κ2) is 8.79. The number of hydrogen-bond donors (Lipinski definition) is 0. The van der Waals surface area contributed by atoms with E-state index in [0.717, 1.165) is 35.2 Å². The second-order valence-electron chi connectivity index (χ2n) is 8.95. The molecule has 0 saturated carbocycles. The molecule has 0 fully saturated rings.